The van der Waals surface area contributed by atoms with Crippen molar-refractivity contribution in [3.05, 3.63) is 20.2 Å². The maximum atomic E-state index is 12.0. The van der Waals surface area contributed by atoms with Gasteiger partial charge in [-0.05, 0) is 6.42 Å². The number of nitrogens with zero attached hydrogens (tertiary/aromatic N) is 2. The molecule has 2 fully saturated rings. The van der Waals surface area contributed by atoms with Gasteiger partial charge < -0.3 is 29.0 Å². The Morgan fingerprint density at radius 2 is 1.92 bits per heavy atom. The Hall–Kier alpha value is -2.25. The summed E-state index contributed by atoms with van der Waals surface area (Å²) in [6.45, 7) is 1.23. The van der Waals surface area contributed by atoms with E-state index in [4.69, 9.17) is 14.2 Å². The van der Waals surface area contributed by atoms with Gasteiger partial charge in [-0.1, -0.05) is 6.92 Å². The Bertz CT molecular complexity index is 530. The molecular weight excluding hydrogens is 360 g/mol. The third kappa shape index (κ3) is 5.37. The normalized spacial score (nSPS) is 29.5. The highest BCUT2D eigenvalue weighted by molar-refractivity contribution is 5.69. The Morgan fingerprint density at radius 3 is 2.58 bits per heavy atom. The van der Waals surface area contributed by atoms with E-state index in [1.54, 1.807) is 0 Å². The van der Waals surface area contributed by atoms with Crippen LogP contribution in [0.15, 0.2) is 0 Å². The van der Waals surface area contributed by atoms with Crippen LogP contribution in [0.5, 0.6) is 0 Å². The molecule has 13 nitrogen and oxygen atoms in total. The standard InChI is InChI=1S/C13H20N2O11/c1-7(4-24-14(18)19)9(26-15(20)21)2-3-11(17)25-10-6-23-12-8(16)5-22-13(10)12/h7-10,12-13,16H,2-6H2,1H3/t7?,8-,9?,10-,12-,13-/m1/s1. The predicted molar refractivity (Wildman–Crippen MR) is 78.6 cm³/mol. The maximum absolute atomic E-state index is 12.0. The summed E-state index contributed by atoms with van der Waals surface area (Å²) in [6, 6.07) is 0. The molecule has 0 radical (unpaired) electrons. The van der Waals surface area contributed by atoms with Crippen molar-refractivity contribution in [3.63, 3.8) is 0 Å². The Balaban J connectivity index is 1.80. The largest absolute Gasteiger partial charge is 0.457 e. The van der Waals surface area contributed by atoms with Gasteiger partial charge in [0.15, 0.2) is 6.10 Å². The van der Waals surface area contributed by atoms with Crippen LogP contribution in [-0.4, -0.2) is 71.6 Å². The summed E-state index contributed by atoms with van der Waals surface area (Å²) in [5, 5.41) is 28.4. The van der Waals surface area contributed by atoms with Crippen LogP contribution in [0.1, 0.15) is 19.8 Å². The molecule has 0 aliphatic carbocycles. The van der Waals surface area contributed by atoms with Crippen molar-refractivity contribution in [2.24, 2.45) is 5.92 Å². The second kappa shape index (κ2) is 8.91. The third-order valence-electron chi connectivity index (χ3n) is 4.20. The number of fused-ring (bicyclic) bond motifs is 1. The molecule has 26 heavy (non-hydrogen) atoms. The summed E-state index contributed by atoms with van der Waals surface area (Å²) < 4.78 is 15.9. The highest BCUT2D eigenvalue weighted by Crippen LogP contribution is 2.29. The van der Waals surface area contributed by atoms with Crippen LogP contribution in [0.2, 0.25) is 0 Å². The molecule has 148 valence electrons. The molecule has 0 bridgehead atoms. The Kier molecular flexibility index (Phi) is 6.88. The minimum Gasteiger partial charge on any atom is -0.457 e. The lowest BCUT2D eigenvalue weighted by Crippen LogP contribution is -2.34. The van der Waals surface area contributed by atoms with Crippen LogP contribution in [0, 0.1) is 26.1 Å². The lowest BCUT2D eigenvalue weighted by molar-refractivity contribution is -0.777. The van der Waals surface area contributed by atoms with E-state index in [1.165, 1.54) is 6.92 Å². The summed E-state index contributed by atoms with van der Waals surface area (Å²) in [4.78, 5) is 41.4. The lowest BCUT2D eigenvalue weighted by atomic mass is 10.0. The van der Waals surface area contributed by atoms with Gasteiger partial charge >= 0.3 is 5.97 Å². The molecule has 0 spiro atoms. The van der Waals surface area contributed by atoms with Crippen molar-refractivity contribution in [1.29, 1.82) is 0 Å². The number of esters is 1. The fourth-order valence-corrected chi connectivity index (χ4v) is 2.87. The fourth-order valence-electron chi connectivity index (χ4n) is 2.87. The quantitative estimate of drug-likeness (QED) is 0.287. The van der Waals surface area contributed by atoms with E-state index < -0.39 is 59.2 Å². The molecule has 0 saturated carbocycles. The number of aliphatic hydroxyl groups excluding tert-OH is 1. The monoisotopic (exact) mass is 380 g/mol. The van der Waals surface area contributed by atoms with E-state index in [1.807, 2.05) is 0 Å². The van der Waals surface area contributed by atoms with Crippen molar-refractivity contribution in [3.8, 4) is 0 Å². The van der Waals surface area contributed by atoms with Crippen molar-refractivity contribution in [2.45, 2.75) is 50.3 Å². The SMILES string of the molecule is CC(CO[N+](=O)[O-])C(CCC(=O)O[C@@H]1CO[C@H]2[C@@H]1OC[C@H]2O)O[N+](=O)[O-]. The van der Waals surface area contributed by atoms with E-state index in [0.29, 0.717) is 0 Å². The van der Waals surface area contributed by atoms with Crippen molar-refractivity contribution in [2.75, 3.05) is 19.8 Å². The first-order chi connectivity index (χ1) is 12.3. The molecule has 2 rings (SSSR count). The number of ether oxygens (including phenoxy) is 3. The van der Waals surface area contributed by atoms with E-state index in [-0.39, 0.29) is 26.1 Å². The maximum Gasteiger partial charge on any atom is 0.306 e. The van der Waals surface area contributed by atoms with Gasteiger partial charge in [-0.15, -0.1) is 20.2 Å². The van der Waals surface area contributed by atoms with Crippen molar-refractivity contribution < 1.29 is 44.0 Å². The highest BCUT2D eigenvalue weighted by Gasteiger charge is 2.48. The first-order valence-corrected chi connectivity index (χ1v) is 7.97. The fraction of sp³-hybridized carbons (Fsp3) is 0.923. The lowest BCUT2D eigenvalue weighted by Gasteiger charge is -2.21. The van der Waals surface area contributed by atoms with Gasteiger partial charge in [0.25, 0.3) is 10.2 Å². The molecular formula is C13H20N2O11. The van der Waals surface area contributed by atoms with Crippen LogP contribution in [0.4, 0.5) is 0 Å². The molecule has 0 aromatic carbocycles. The van der Waals surface area contributed by atoms with Crippen LogP contribution in [-0.2, 0) is 28.7 Å². The minimum absolute atomic E-state index is 0.0834. The second-order valence-corrected chi connectivity index (χ2v) is 6.09. The van der Waals surface area contributed by atoms with E-state index >= 15 is 0 Å². The van der Waals surface area contributed by atoms with Crippen molar-refractivity contribution in [1.82, 2.24) is 0 Å². The minimum atomic E-state index is -1.07. The van der Waals surface area contributed by atoms with Gasteiger partial charge in [0.1, 0.15) is 31.0 Å². The molecule has 0 aromatic rings. The summed E-state index contributed by atoms with van der Waals surface area (Å²) in [5.41, 5.74) is 0. The van der Waals surface area contributed by atoms with E-state index in [9.17, 15) is 30.1 Å². The summed E-state index contributed by atoms with van der Waals surface area (Å²) in [7, 11) is 0. The zero-order valence-electron chi connectivity index (χ0n) is 13.9. The summed E-state index contributed by atoms with van der Waals surface area (Å²) in [5.74, 6) is -1.35. The molecule has 2 saturated heterocycles. The number of carbonyl (C=O) groups excluding carboxylic acids is 1. The molecule has 1 N–H and O–H groups in total. The van der Waals surface area contributed by atoms with Crippen LogP contribution >= 0.6 is 0 Å². The van der Waals surface area contributed by atoms with Gasteiger partial charge in [-0.2, -0.15) is 0 Å². The molecule has 2 heterocycles. The van der Waals surface area contributed by atoms with Gasteiger partial charge in [-0.3, -0.25) is 4.79 Å². The molecule has 2 unspecified atom stereocenters. The number of hydrogen-bond donors (Lipinski definition) is 1. The van der Waals surface area contributed by atoms with Crippen LogP contribution in [0.3, 0.4) is 0 Å². The van der Waals surface area contributed by atoms with Crippen LogP contribution in [0.25, 0.3) is 0 Å². The first kappa shape index (κ1) is 20.1. The molecule has 2 aliphatic heterocycles. The highest BCUT2D eigenvalue weighted by atomic mass is 17.0. The summed E-state index contributed by atoms with van der Waals surface area (Å²) in [6.07, 6.45) is -3.91. The van der Waals surface area contributed by atoms with E-state index in [2.05, 4.69) is 9.68 Å². The molecule has 2 aliphatic rings. The number of aliphatic hydroxyl groups is 1. The molecule has 13 heteroatoms. The topological polar surface area (TPSA) is 170 Å². The second-order valence-electron chi connectivity index (χ2n) is 6.09. The smallest absolute Gasteiger partial charge is 0.306 e. The Morgan fingerprint density at radius 1 is 1.23 bits per heavy atom. The zero-order valence-corrected chi connectivity index (χ0v) is 13.9. The number of hydrogen-bond acceptors (Lipinski definition) is 11. The molecule has 0 amide bonds. The van der Waals surface area contributed by atoms with Gasteiger partial charge in [0.05, 0.1) is 13.2 Å². The van der Waals surface area contributed by atoms with Gasteiger partial charge in [0, 0.05) is 12.3 Å². The summed E-state index contributed by atoms with van der Waals surface area (Å²) >= 11 is 0. The van der Waals surface area contributed by atoms with Gasteiger partial charge in [-0.25, -0.2) is 0 Å². The average Bonchev–Trinajstić information content (AvgIpc) is 3.12. The van der Waals surface area contributed by atoms with Crippen molar-refractivity contribution >= 4 is 5.97 Å². The molecule has 6 atom stereocenters. The molecule has 0 aromatic heterocycles. The van der Waals surface area contributed by atoms with Crippen LogP contribution < -0.4 is 0 Å². The zero-order chi connectivity index (χ0) is 19.3. The van der Waals surface area contributed by atoms with Gasteiger partial charge in [0.2, 0.25) is 0 Å². The first-order valence-electron chi connectivity index (χ1n) is 7.97. The number of carbonyl (C=O) groups is 1. The Labute approximate surface area is 147 Å². The average molecular weight is 380 g/mol. The third-order valence-corrected chi connectivity index (χ3v) is 4.20. The van der Waals surface area contributed by atoms with E-state index in [0.717, 1.165) is 0 Å². The predicted octanol–water partition coefficient (Wildman–Crippen LogP) is -0.742. The number of rotatable bonds is 10.